The molecule has 13 heteroatoms. The van der Waals surface area contributed by atoms with Crippen LogP contribution < -0.4 is 4.72 Å². The summed E-state index contributed by atoms with van der Waals surface area (Å²) in [5, 5.41) is 19.1. The van der Waals surface area contributed by atoms with Gasteiger partial charge in [-0.05, 0) is 0 Å². The Morgan fingerprint density at radius 1 is 1.26 bits per heavy atom. The molecule has 2 unspecified atom stereocenters. The monoisotopic (exact) mass is 322 g/mol. The van der Waals surface area contributed by atoms with Gasteiger partial charge in [-0.15, -0.1) is 0 Å². The van der Waals surface area contributed by atoms with Crippen molar-refractivity contribution < 1.29 is 45.1 Å². The topological polar surface area (TPSA) is 183 Å². The van der Waals surface area contributed by atoms with Gasteiger partial charge >= 0.3 is 10.3 Å². The number of rotatable bonds is 5. The van der Waals surface area contributed by atoms with E-state index in [1.807, 2.05) is 0 Å². The number of ether oxygens (including phenoxy) is 1. The van der Waals surface area contributed by atoms with E-state index >= 15 is 0 Å². The van der Waals surface area contributed by atoms with Crippen LogP contribution in [0.1, 0.15) is 0 Å². The third-order valence-corrected chi connectivity index (χ3v) is 3.34. The van der Waals surface area contributed by atoms with Crippen molar-refractivity contribution in [1.82, 2.24) is 4.72 Å². The summed E-state index contributed by atoms with van der Waals surface area (Å²) in [5.74, 6) is 0. The highest BCUT2D eigenvalue weighted by Gasteiger charge is 2.40. The zero-order valence-corrected chi connectivity index (χ0v) is 10.9. The Balaban J connectivity index is 2.62. The van der Waals surface area contributed by atoms with Gasteiger partial charge in [0.25, 0.3) is 0 Å². The van der Waals surface area contributed by atoms with Crippen LogP contribution >= 0.6 is 0 Å². The molecule has 4 N–H and O–H groups in total. The molecule has 1 fully saturated rings. The molecule has 0 aliphatic carbocycles. The maximum atomic E-state index is 10.5. The first-order chi connectivity index (χ1) is 8.49. The molecule has 11 nitrogen and oxygen atoms in total. The maximum absolute atomic E-state index is 10.5. The molecule has 1 rings (SSSR count). The van der Waals surface area contributed by atoms with E-state index in [0.29, 0.717) is 0 Å². The predicted octanol–water partition coefficient (Wildman–Crippen LogP) is -3.66. The number of aliphatic hydroxyl groups is 2. The molecule has 19 heavy (non-hydrogen) atoms. The van der Waals surface area contributed by atoms with Crippen molar-refractivity contribution in [2.45, 2.75) is 24.4 Å². The smallest absolute Gasteiger partial charge is 0.333 e. The molecule has 0 spiro atoms. The average Bonchev–Trinajstić information content (AvgIpc) is 2.21. The van der Waals surface area contributed by atoms with E-state index < -0.39 is 58.3 Å². The fourth-order valence-electron chi connectivity index (χ4n) is 1.47. The molecule has 0 aromatic heterocycles. The molecular weight excluding hydrogens is 310 g/mol. The second kappa shape index (κ2) is 5.94. The van der Waals surface area contributed by atoms with Crippen LogP contribution in [0, 0.1) is 0 Å². The van der Waals surface area contributed by atoms with E-state index in [4.69, 9.17) is 9.29 Å². The van der Waals surface area contributed by atoms with Crippen molar-refractivity contribution in [3.63, 3.8) is 0 Å². The molecule has 1 aliphatic rings. The predicted molar refractivity (Wildman–Crippen MR) is 55.9 cm³/mol. The molecule has 1 heterocycles. The van der Waals surface area contributed by atoms with Crippen molar-refractivity contribution >= 4 is 20.7 Å². The lowest BCUT2D eigenvalue weighted by Crippen LogP contribution is -2.60. The molecule has 0 radical (unpaired) electrons. The molecule has 0 saturated carbocycles. The number of nitrogens with one attached hydrogen (secondary N) is 1. The van der Waals surface area contributed by atoms with Crippen molar-refractivity contribution in [1.29, 1.82) is 0 Å². The summed E-state index contributed by atoms with van der Waals surface area (Å²) >= 11 is 0. The summed E-state index contributed by atoms with van der Waals surface area (Å²) in [6, 6.07) is -1.33. The second-order valence-corrected chi connectivity index (χ2v) is 5.98. The van der Waals surface area contributed by atoms with Gasteiger partial charge in [0.2, 0.25) is 10.4 Å². The van der Waals surface area contributed by atoms with Crippen LogP contribution in [0.5, 0.6) is 0 Å². The van der Waals surface area contributed by atoms with Crippen molar-refractivity contribution in [3.8, 4) is 0 Å². The summed E-state index contributed by atoms with van der Waals surface area (Å²) in [6.07, 6.45) is -4.73. The van der Waals surface area contributed by atoms with Gasteiger partial charge in [0, 0.05) is 0 Å². The van der Waals surface area contributed by atoms with Crippen molar-refractivity contribution in [2.24, 2.45) is 0 Å². The van der Waals surface area contributed by atoms with Gasteiger partial charge < -0.3 is 19.5 Å². The highest BCUT2D eigenvalue weighted by Crippen LogP contribution is 2.17. The van der Waals surface area contributed by atoms with Gasteiger partial charge in [-0.25, -0.2) is 8.42 Å². The summed E-state index contributed by atoms with van der Waals surface area (Å²) in [4.78, 5) is 0. The van der Waals surface area contributed by atoms with Gasteiger partial charge in [0.05, 0.1) is 19.3 Å². The fraction of sp³-hybridized carbons (Fsp3) is 1.00. The molecule has 0 aromatic rings. The number of aliphatic hydroxyl groups excluding tert-OH is 2. The van der Waals surface area contributed by atoms with Crippen LogP contribution in [0.4, 0.5) is 0 Å². The first kappa shape index (κ1) is 16.7. The minimum atomic E-state index is -4.98. The minimum absolute atomic E-state index is 0.467. The summed E-state index contributed by atoms with van der Waals surface area (Å²) in [6.45, 7) is -1.30. The van der Waals surface area contributed by atoms with Gasteiger partial charge in [0.15, 0.2) is 0 Å². The second-order valence-electron chi connectivity index (χ2n) is 3.75. The van der Waals surface area contributed by atoms with Crippen molar-refractivity contribution in [2.75, 3.05) is 13.2 Å². The lowest BCUT2D eigenvalue weighted by Gasteiger charge is -2.37. The Morgan fingerprint density at radius 2 is 1.84 bits per heavy atom. The Labute approximate surface area is 109 Å². The molecule has 4 atom stereocenters. The standard InChI is InChI=1S/C6H13NO10S2/c8-5-3(7-18(10,11)12)1-16-4(6(5)9)2-17-19(13,14)15/h3-9H,1-2H2,(H,10,11,12)(H,13,14,15)/p-1/t3?,4?,5-,6+/m1/s1. The molecule has 0 aromatic carbocycles. The van der Waals surface area contributed by atoms with Crippen LogP contribution in [-0.4, -0.2) is 73.7 Å². The maximum Gasteiger partial charge on any atom is 0.333 e. The van der Waals surface area contributed by atoms with E-state index in [9.17, 15) is 31.6 Å². The molecule has 0 bridgehead atoms. The molecular formula is C6H12NO10S2-. The Morgan fingerprint density at radius 3 is 2.32 bits per heavy atom. The quantitative estimate of drug-likeness (QED) is 0.291. The Hall–Kier alpha value is -0.380. The van der Waals surface area contributed by atoms with Gasteiger partial charge in [0.1, 0.15) is 18.3 Å². The molecule has 0 amide bonds. The van der Waals surface area contributed by atoms with Crippen LogP contribution in [0.25, 0.3) is 0 Å². The zero-order valence-electron chi connectivity index (χ0n) is 9.24. The van der Waals surface area contributed by atoms with Crippen LogP contribution in [-0.2, 0) is 29.6 Å². The summed E-state index contributed by atoms with van der Waals surface area (Å²) in [5.41, 5.74) is 0. The Kier molecular flexibility index (Phi) is 5.21. The van der Waals surface area contributed by atoms with Crippen molar-refractivity contribution in [3.05, 3.63) is 0 Å². The van der Waals surface area contributed by atoms with E-state index in [0.717, 1.165) is 0 Å². The SMILES string of the molecule is O=S(=O)(O)NC1COC(COS(=O)(=O)[O-])[C@H](O)[C@@H]1O. The molecule has 1 saturated heterocycles. The van der Waals surface area contributed by atoms with Crippen LogP contribution in [0.3, 0.4) is 0 Å². The van der Waals surface area contributed by atoms with E-state index in [1.54, 1.807) is 4.72 Å². The average molecular weight is 322 g/mol. The molecule has 1 aliphatic heterocycles. The lowest BCUT2D eigenvalue weighted by atomic mass is 9.99. The first-order valence-electron chi connectivity index (χ1n) is 4.82. The van der Waals surface area contributed by atoms with Gasteiger partial charge in [-0.3, -0.25) is 8.74 Å². The van der Waals surface area contributed by atoms with Gasteiger partial charge in [-0.2, -0.15) is 13.1 Å². The van der Waals surface area contributed by atoms with E-state index in [-0.39, 0.29) is 0 Å². The number of hydrogen-bond acceptors (Lipinski definition) is 9. The van der Waals surface area contributed by atoms with Crippen LogP contribution in [0.15, 0.2) is 0 Å². The third-order valence-electron chi connectivity index (χ3n) is 2.31. The van der Waals surface area contributed by atoms with E-state index in [1.165, 1.54) is 0 Å². The lowest BCUT2D eigenvalue weighted by molar-refractivity contribution is -0.156. The largest absolute Gasteiger partial charge is 0.726 e. The first-order valence-corrected chi connectivity index (χ1v) is 7.59. The third kappa shape index (κ3) is 5.64. The number of hydrogen-bond donors (Lipinski definition) is 4. The highest BCUT2D eigenvalue weighted by molar-refractivity contribution is 7.83. The summed E-state index contributed by atoms with van der Waals surface area (Å²) < 4.78 is 70.5. The normalized spacial score (nSPS) is 33.3. The highest BCUT2D eigenvalue weighted by atomic mass is 32.3. The molecule has 114 valence electrons. The zero-order chi connectivity index (χ0) is 14.8. The van der Waals surface area contributed by atoms with E-state index in [2.05, 4.69) is 4.18 Å². The Bertz CT molecular complexity index is 498. The van der Waals surface area contributed by atoms with Crippen LogP contribution in [0.2, 0.25) is 0 Å². The van der Waals surface area contributed by atoms with Gasteiger partial charge in [-0.1, -0.05) is 0 Å². The summed E-state index contributed by atoms with van der Waals surface area (Å²) in [7, 11) is -9.59. The fourth-order valence-corrected chi connectivity index (χ4v) is 2.37. The minimum Gasteiger partial charge on any atom is -0.726 e.